The molecular formula is C31H31F6N3O. The van der Waals surface area contributed by atoms with Crippen molar-refractivity contribution in [3.05, 3.63) is 94.0 Å². The number of urea groups is 1. The molecule has 5 rings (SSSR count). The second kappa shape index (κ2) is 10.3. The smallest absolute Gasteiger partial charge is 0.371 e. The maximum absolute atomic E-state index is 13.6. The highest BCUT2D eigenvalue weighted by molar-refractivity contribution is 5.91. The highest BCUT2D eigenvalue weighted by Gasteiger charge is 2.38. The van der Waals surface area contributed by atoms with Crippen molar-refractivity contribution in [3.63, 3.8) is 0 Å². The van der Waals surface area contributed by atoms with Gasteiger partial charge < -0.3 is 15.5 Å². The third-order valence-electron chi connectivity index (χ3n) is 7.59. The summed E-state index contributed by atoms with van der Waals surface area (Å²) in [7, 11) is 0. The van der Waals surface area contributed by atoms with E-state index in [0.29, 0.717) is 42.7 Å². The topological polar surface area (TPSA) is 44.4 Å². The highest BCUT2D eigenvalue weighted by atomic mass is 19.4. The molecule has 4 nitrogen and oxygen atoms in total. The van der Waals surface area contributed by atoms with Crippen LogP contribution in [0.3, 0.4) is 0 Å². The Morgan fingerprint density at radius 3 is 1.63 bits per heavy atom. The summed E-state index contributed by atoms with van der Waals surface area (Å²) in [5, 5.41) is 5.68. The van der Waals surface area contributed by atoms with Gasteiger partial charge in [-0.25, -0.2) is 4.79 Å². The molecular weight excluding hydrogens is 544 g/mol. The summed E-state index contributed by atoms with van der Waals surface area (Å²) >= 11 is 0. The van der Waals surface area contributed by atoms with E-state index in [9.17, 15) is 31.1 Å². The zero-order valence-electron chi connectivity index (χ0n) is 22.9. The van der Waals surface area contributed by atoms with E-state index in [4.69, 9.17) is 0 Å². The lowest BCUT2D eigenvalue weighted by atomic mass is 9.76. The maximum Gasteiger partial charge on any atom is 0.416 e. The number of carbonyl (C=O) groups excluding carboxylic acids is 1. The third kappa shape index (κ3) is 6.16. The van der Waals surface area contributed by atoms with Gasteiger partial charge in [0.15, 0.2) is 0 Å². The fourth-order valence-corrected chi connectivity index (χ4v) is 5.92. The molecule has 10 heteroatoms. The van der Waals surface area contributed by atoms with Gasteiger partial charge in [-0.2, -0.15) is 26.3 Å². The second-order valence-corrected chi connectivity index (χ2v) is 11.7. The zero-order valence-corrected chi connectivity index (χ0v) is 22.9. The number of benzene rings is 3. The van der Waals surface area contributed by atoms with Crippen LogP contribution in [0.5, 0.6) is 0 Å². The SMILES string of the molecule is CC(C)(C)NC(=O)Nc1cc2c3c(c1)[C@H](c1cccc(C(F)(F)F)c1)CCN3CC[C@H]2c1cccc(C(F)(F)F)c1. The standard InChI is InChI=1S/C31H31F6N3O/c1-29(2,3)39-28(41)38-22-16-25-23(18-6-4-8-20(14-18)30(32,33)34)10-12-40-13-11-24(26(17-22)27(25)40)19-7-5-9-21(15-19)31(35,36)37/h4-9,14-17,23-24H,10-13H2,1-3H3,(H2,38,39,41)/t23-,24-/m0/s1. The van der Waals surface area contributed by atoms with Crippen LogP contribution in [-0.4, -0.2) is 24.7 Å². The van der Waals surface area contributed by atoms with Gasteiger partial charge in [-0.15, -0.1) is 0 Å². The van der Waals surface area contributed by atoms with E-state index in [1.807, 2.05) is 20.8 Å². The van der Waals surface area contributed by atoms with Crippen LogP contribution in [0.4, 0.5) is 42.5 Å². The molecule has 2 aliphatic rings. The minimum Gasteiger partial charge on any atom is -0.371 e. The summed E-state index contributed by atoms with van der Waals surface area (Å²) in [6.07, 6.45) is -7.89. The van der Waals surface area contributed by atoms with Gasteiger partial charge in [0.2, 0.25) is 0 Å². The Hall–Kier alpha value is -3.69. The van der Waals surface area contributed by atoms with Crippen LogP contribution in [0.25, 0.3) is 0 Å². The van der Waals surface area contributed by atoms with Gasteiger partial charge in [0, 0.05) is 41.8 Å². The van der Waals surface area contributed by atoms with E-state index in [2.05, 4.69) is 15.5 Å². The van der Waals surface area contributed by atoms with Crippen LogP contribution in [-0.2, 0) is 12.4 Å². The molecule has 2 N–H and O–H groups in total. The average Bonchev–Trinajstić information content (AvgIpc) is 2.87. The van der Waals surface area contributed by atoms with Gasteiger partial charge in [0.05, 0.1) is 11.1 Å². The van der Waals surface area contributed by atoms with E-state index in [1.54, 1.807) is 24.3 Å². The molecule has 2 atom stereocenters. The molecule has 0 spiro atoms. The molecule has 0 fully saturated rings. The molecule has 0 radical (unpaired) electrons. The number of anilines is 2. The number of amides is 2. The Kier molecular flexibility index (Phi) is 7.24. The van der Waals surface area contributed by atoms with Crippen LogP contribution in [0.2, 0.25) is 0 Å². The molecule has 0 saturated heterocycles. The Morgan fingerprint density at radius 1 is 0.756 bits per heavy atom. The molecule has 3 aromatic carbocycles. The lowest BCUT2D eigenvalue weighted by Gasteiger charge is -2.43. The van der Waals surface area contributed by atoms with Crippen molar-refractivity contribution < 1.29 is 31.1 Å². The first-order valence-corrected chi connectivity index (χ1v) is 13.5. The molecule has 0 saturated carbocycles. The minimum atomic E-state index is -4.50. The summed E-state index contributed by atoms with van der Waals surface area (Å²) < 4.78 is 81.5. The van der Waals surface area contributed by atoms with Crippen LogP contribution < -0.4 is 15.5 Å². The normalized spacial score (nSPS) is 19.0. The number of hydrogen-bond donors (Lipinski definition) is 2. The molecule has 41 heavy (non-hydrogen) atoms. The Labute approximate surface area is 234 Å². The lowest BCUT2D eigenvalue weighted by Crippen LogP contribution is -2.43. The van der Waals surface area contributed by atoms with Gasteiger partial charge in [0.1, 0.15) is 0 Å². The molecule has 0 aromatic heterocycles. The predicted octanol–water partition coefficient (Wildman–Crippen LogP) is 8.52. The van der Waals surface area contributed by atoms with Gasteiger partial charge in [-0.05, 0) is 80.1 Å². The van der Waals surface area contributed by atoms with Crippen LogP contribution in [0.1, 0.15) is 78.8 Å². The van der Waals surface area contributed by atoms with Gasteiger partial charge in [-0.3, -0.25) is 0 Å². The first kappa shape index (κ1) is 28.8. The second-order valence-electron chi connectivity index (χ2n) is 11.7. The number of rotatable bonds is 3. The summed E-state index contributed by atoms with van der Waals surface area (Å²) in [6, 6.07) is 13.6. The summed E-state index contributed by atoms with van der Waals surface area (Å²) in [6.45, 7) is 6.66. The van der Waals surface area contributed by atoms with Crippen molar-refractivity contribution in [1.29, 1.82) is 0 Å². The highest BCUT2D eigenvalue weighted by Crippen LogP contribution is 2.50. The van der Waals surface area contributed by atoms with Crippen molar-refractivity contribution in [2.24, 2.45) is 0 Å². The third-order valence-corrected chi connectivity index (χ3v) is 7.59. The summed E-state index contributed by atoms with van der Waals surface area (Å²) in [5.74, 6) is -0.787. The number of nitrogens with zero attached hydrogens (tertiary/aromatic N) is 1. The quantitative estimate of drug-likeness (QED) is 0.308. The molecule has 0 aliphatic carbocycles. The Balaban J connectivity index is 1.65. The van der Waals surface area contributed by atoms with Crippen LogP contribution >= 0.6 is 0 Å². The number of carbonyl (C=O) groups is 1. The van der Waals surface area contributed by atoms with E-state index in [0.717, 1.165) is 41.1 Å². The lowest BCUT2D eigenvalue weighted by molar-refractivity contribution is -0.138. The van der Waals surface area contributed by atoms with Gasteiger partial charge in [-0.1, -0.05) is 36.4 Å². The van der Waals surface area contributed by atoms with Crippen molar-refractivity contribution in [1.82, 2.24) is 5.32 Å². The number of halogens is 6. The molecule has 3 aromatic rings. The predicted molar refractivity (Wildman–Crippen MR) is 146 cm³/mol. The fourth-order valence-electron chi connectivity index (χ4n) is 5.92. The van der Waals surface area contributed by atoms with Crippen molar-refractivity contribution in [3.8, 4) is 0 Å². The number of hydrogen-bond acceptors (Lipinski definition) is 2. The van der Waals surface area contributed by atoms with E-state index < -0.39 is 46.9 Å². The van der Waals surface area contributed by atoms with Crippen molar-refractivity contribution in [2.75, 3.05) is 23.3 Å². The zero-order chi connectivity index (χ0) is 29.7. The summed E-state index contributed by atoms with van der Waals surface area (Å²) in [4.78, 5) is 15.0. The van der Waals surface area contributed by atoms with Gasteiger partial charge in [0.25, 0.3) is 0 Å². The van der Waals surface area contributed by atoms with E-state index >= 15 is 0 Å². The first-order chi connectivity index (χ1) is 19.1. The number of nitrogens with one attached hydrogen (secondary N) is 2. The largest absolute Gasteiger partial charge is 0.416 e. The van der Waals surface area contributed by atoms with Crippen molar-refractivity contribution in [2.45, 2.75) is 63.3 Å². The Bertz CT molecular complexity index is 1370. The number of alkyl halides is 6. The Morgan fingerprint density at radius 2 is 1.22 bits per heavy atom. The van der Waals surface area contributed by atoms with E-state index in [1.165, 1.54) is 12.1 Å². The average molecular weight is 576 g/mol. The van der Waals surface area contributed by atoms with Crippen LogP contribution in [0.15, 0.2) is 60.7 Å². The van der Waals surface area contributed by atoms with Crippen LogP contribution in [0, 0.1) is 0 Å². The molecule has 0 unspecified atom stereocenters. The van der Waals surface area contributed by atoms with E-state index in [-0.39, 0.29) is 0 Å². The van der Waals surface area contributed by atoms with Gasteiger partial charge >= 0.3 is 18.4 Å². The molecule has 0 bridgehead atoms. The fraction of sp³-hybridized carbons (Fsp3) is 0.387. The molecule has 2 aliphatic heterocycles. The maximum atomic E-state index is 13.6. The molecule has 2 heterocycles. The monoisotopic (exact) mass is 575 g/mol. The first-order valence-electron chi connectivity index (χ1n) is 13.5. The molecule has 218 valence electrons. The summed E-state index contributed by atoms with van der Waals surface area (Å²) in [5.41, 5.74) is 1.72. The minimum absolute atomic E-state index is 0.394. The molecule has 2 amide bonds. The van der Waals surface area contributed by atoms with Crippen molar-refractivity contribution >= 4 is 17.4 Å².